The first-order valence-electron chi connectivity index (χ1n) is 21.4. The molecule has 14 atom stereocenters. The molecule has 0 aromatic heterocycles. The number of carbonyl (C=O) groups excluding carboxylic acids is 3. The summed E-state index contributed by atoms with van der Waals surface area (Å²) in [5.74, 6) is -5.49. The Morgan fingerprint density at radius 1 is 0.739 bits per heavy atom. The van der Waals surface area contributed by atoms with Crippen molar-refractivity contribution >= 4 is 30.0 Å². The molecule has 69 heavy (non-hydrogen) atoms. The average molecular weight is 973 g/mol. The van der Waals surface area contributed by atoms with Crippen LogP contribution in [0.3, 0.4) is 0 Å². The van der Waals surface area contributed by atoms with E-state index in [4.69, 9.17) is 33.2 Å². The molecule has 4 fully saturated rings. The minimum absolute atomic E-state index is 0.0675. The highest BCUT2D eigenvalue weighted by molar-refractivity contribution is 5.89. The summed E-state index contributed by atoms with van der Waals surface area (Å²) in [5, 5.41) is 111. The van der Waals surface area contributed by atoms with Crippen molar-refractivity contribution in [3.05, 3.63) is 113 Å². The van der Waals surface area contributed by atoms with Crippen molar-refractivity contribution < 1.29 is 109 Å². The van der Waals surface area contributed by atoms with E-state index in [1.165, 1.54) is 49.4 Å². The molecule has 1 aliphatic carbocycles. The summed E-state index contributed by atoms with van der Waals surface area (Å²) < 4.78 is 38.1. The highest BCUT2D eigenvalue weighted by Crippen LogP contribution is 2.38. The molecule has 4 unspecified atom stereocenters. The number of benzene rings is 1. The Kier molecular flexibility index (Phi) is 18.8. The number of esters is 3. The summed E-state index contributed by atoms with van der Waals surface area (Å²) >= 11 is 0. The maximum absolute atomic E-state index is 12.9. The third kappa shape index (κ3) is 14.0. The summed E-state index contributed by atoms with van der Waals surface area (Å²) in [7, 11) is 0. The van der Waals surface area contributed by atoms with Crippen molar-refractivity contribution in [2.24, 2.45) is 0 Å². The summed E-state index contributed by atoms with van der Waals surface area (Å²) in [4.78, 5) is 50.5. The lowest BCUT2D eigenvalue weighted by Gasteiger charge is -2.44. The predicted molar refractivity (Wildman–Crippen MR) is 235 cm³/mol. The van der Waals surface area contributed by atoms with E-state index in [1.807, 2.05) is 0 Å². The summed E-state index contributed by atoms with van der Waals surface area (Å²) in [5.41, 5.74) is -0.500. The average Bonchev–Trinajstić information content (AvgIpc) is 3.30. The molecule has 3 saturated heterocycles. The van der Waals surface area contributed by atoms with Gasteiger partial charge in [0.1, 0.15) is 61.0 Å². The third-order valence-corrected chi connectivity index (χ3v) is 11.2. The molecule has 4 aliphatic rings. The number of aliphatic hydroxyl groups is 8. The van der Waals surface area contributed by atoms with Gasteiger partial charge in [-0.05, 0) is 50.6 Å². The van der Waals surface area contributed by atoms with Gasteiger partial charge in [0, 0.05) is 24.5 Å². The van der Waals surface area contributed by atoms with E-state index < -0.39 is 141 Å². The number of rotatable bonds is 16. The van der Waals surface area contributed by atoms with Gasteiger partial charge in [0.15, 0.2) is 29.5 Å². The minimum Gasteiger partial charge on any atom is -0.504 e. The molecular weight excluding hydrogens is 916 g/mol. The molecule has 3 heterocycles. The zero-order valence-electron chi connectivity index (χ0n) is 37.4. The van der Waals surface area contributed by atoms with Crippen molar-refractivity contribution in [1.29, 1.82) is 0 Å². The molecule has 5 rings (SSSR count). The lowest BCUT2D eigenvalue weighted by Crippen LogP contribution is -2.61. The van der Waals surface area contributed by atoms with Crippen LogP contribution < -0.4 is 0 Å². The fraction of sp³-hybridized carbons (Fsp3) is 0.447. The minimum atomic E-state index is -2.38. The molecule has 0 bridgehead atoms. The van der Waals surface area contributed by atoms with E-state index in [0.29, 0.717) is 5.56 Å². The molecular formula is C47H56O22. The number of carbonyl (C=O) groups is 4. The number of aromatic hydroxyl groups is 2. The number of carboxylic acids is 1. The van der Waals surface area contributed by atoms with Gasteiger partial charge in [-0.25, -0.2) is 19.2 Å². The Morgan fingerprint density at radius 2 is 1.36 bits per heavy atom. The van der Waals surface area contributed by atoms with E-state index in [9.17, 15) is 75.3 Å². The number of fused-ring (bicyclic) bond motifs is 1. The van der Waals surface area contributed by atoms with Crippen LogP contribution in [0.1, 0.15) is 39.2 Å². The molecule has 376 valence electrons. The van der Waals surface area contributed by atoms with Crippen molar-refractivity contribution in [3.63, 3.8) is 0 Å². The first-order chi connectivity index (χ1) is 32.6. The first-order valence-corrected chi connectivity index (χ1v) is 21.4. The number of ether oxygens (including phenoxy) is 7. The Bertz CT molecular complexity index is 2270. The van der Waals surface area contributed by atoms with Crippen LogP contribution in [0, 0.1) is 0 Å². The first kappa shape index (κ1) is 53.9. The number of hydrogen-bond acceptors (Lipinski definition) is 21. The van der Waals surface area contributed by atoms with E-state index in [2.05, 4.69) is 0 Å². The Morgan fingerprint density at radius 3 is 2.00 bits per heavy atom. The molecule has 11 N–H and O–H groups in total. The number of allylic oxidation sites excluding steroid dienone is 12. The highest BCUT2D eigenvalue weighted by atomic mass is 16.7. The number of hydrogen-bond donors (Lipinski definition) is 11. The summed E-state index contributed by atoms with van der Waals surface area (Å²) in [6.45, 7) is 3.65. The second-order valence-electron chi connectivity index (χ2n) is 16.6. The number of phenolic OH excluding ortho intramolecular Hbond substituents is 2. The molecule has 1 aromatic rings. The molecule has 0 spiro atoms. The van der Waals surface area contributed by atoms with Crippen LogP contribution in [-0.2, 0) is 52.3 Å². The SMILES string of the molecule is CC(=C/C=C/C=C(C)/C=C/C=C(\C)C(=O)O[C@@H]1OC(CO[C@@H]2OC(CO)[C@@H](O)[C@H](O)C2O)[C@@H](O)[C@H](O)C1O)/C=C/C=C1\O[C@H]2C[C@](O)(C(=O)O)C[C@@H](OC(=O)/C=C/c3ccc(O)c(O)c3)[C@@H]2OC1=O. The smallest absolute Gasteiger partial charge is 0.374 e. The number of phenols is 2. The zero-order chi connectivity index (χ0) is 50.7. The fourth-order valence-corrected chi connectivity index (χ4v) is 7.23. The van der Waals surface area contributed by atoms with Crippen molar-refractivity contribution in [2.45, 2.75) is 119 Å². The van der Waals surface area contributed by atoms with Crippen molar-refractivity contribution in [2.75, 3.05) is 13.2 Å². The maximum atomic E-state index is 12.9. The lowest BCUT2D eigenvalue weighted by molar-refractivity contribution is -0.326. The Hall–Kier alpha value is -6.02. The van der Waals surface area contributed by atoms with Gasteiger partial charge in [-0.2, -0.15) is 0 Å². The molecule has 1 aromatic carbocycles. The van der Waals surface area contributed by atoms with Gasteiger partial charge in [-0.15, -0.1) is 0 Å². The summed E-state index contributed by atoms with van der Waals surface area (Å²) in [6.07, 6.45) is -3.26. The molecule has 0 amide bonds. The van der Waals surface area contributed by atoms with Crippen LogP contribution in [0.5, 0.6) is 11.5 Å². The predicted octanol–water partition coefficient (Wildman–Crippen LogP) is -0.498. The van der Waals surface area contributed by atoms with E-state index >= 15 is 0 Å². The molecule has 1 saturated carbocycles. The van der Waals surface area contributed by atoms with Crippen LogP contribution in [0.4, 0.5) is 0 Å². The van der Waals surface area contributed by atoms with Gasteiger partial charge in [-0.1, -0.05) is 71.9 Å². The highest BCUT2D eigenvalue weighted by Gasteiger charge is 2.56. The standard InChI is InChI=1S/C47H56O22/c1-23(10-6-12-25(3)42(58)69-45-40(57)38(55)36(53)33(67-45)22-63-44-39(56)37(54)35(52)32(21-48)66-44)8-4-5-9-24(2)11-7-13-29-43(59)68-41-30(64-29)19-47(62,46(60)61)20-31(41)65-34(51)17-15-26-14-16-27(49)28(50)18-26/h4-18,30-33,35-41,44-45,48-50,52-57,62H,19-22H2,1-3H3,(H,60,61)/b5-4+,10-6+,11-7+,17-15+,23-8+,24-9-,25-12+,29-13-/t30-,31+,32?,33?,35+,36+,37-,38-,39?,40?,41+,44+,45-,47+/m0/s1. The Balaban J connectivity index is 1.11. The van der Waals surface area contributed by atoms with Crippen LogP contribution in [0.25, 0.3) is 6.08 Å². The topological polar surface area (TPSA) is 355 Å². The van der Waals surface area contributed by atoms with Gasteiger partial charge in [0.2, 0.25) is 12.0 Å². The van der Waals surface area contributed by atoms with Gasteiger partial charge in [0.05, 0.1) is 13.2 Å². The zero-order valence-corrected chi connectivity index (χ0v) is 37.4. The van der Waals surface area contributed by atoms with Crippen LogP contribution >= 0.6 is 0 Å². The van der Waals surface area contributed by atoms with Crippen LogP contribution in [-0.4, -0.2) is 179 Å². The molecule has 22 nitrogen and oxygen atoms in total. The second-order valence-corrected chi connectivity index (χ2v) is 16.6. The van der Waals surface area contributed by atoms with Gasteiger partial charge in [-0.3, -0.25) is 0 Å². The molecule has 3 aliphatic heterocycles. The lowest BCUT2D eigenvalue weighted by atomic mass is 9.79. The van der Waals surface area contributed by atoms with Gasteiger partial charge < -0.3 is 89.3 Å². The van der Waals surface area contributed by atoms with Crippen LogP contribution in [0.15, 0.2) is 108 Å². The molecule has 22 heteroatoms. The maximum Gasteiger partial charge on any atom is 0.374 e. The van der Waals surface area contributed by atoms with Crippen LogP contribution in [0.2, 0.25) is 0 Å². The summed E-state index contributed by atoms with van der Waals surface area (Å²) in [6, 6.07) is 3.80. The second kappa shape index (κ2) is 24.0. The quantitative estimate of drug-likeness (QED) is 0.0327. The third-order valence-electron chi connectivity index (χ3n) is 11.2. The normalized spacial score (nSPS) is 34.2. The van der Waals surface area contributed by atoms with Crippen molar-refractivity contribution in [1.82, 2.24) is 0 Å². The van der Waals surface area contributed by atoms with E-state index in [1.54, 1.807) is 56.4 Å². The number of carboxylic acid groups (broad SMARTS) is 1. The number of aliphatic carboxylic acids is 1. The fourth-order valence-electron chi connectivity index (χ4n) is 7.23. The van der Waals surface area contributed by atoms with Gasteiger partial charge in [0.25, 0.3) is 0 Å². The molecule has 0 radical (unpaired) electrons. The number of aliphatic hydroxyl groups excluding tert-OH is 7. The monoisotopic (exact) mass is 972 g/mol. The van der Waals surface area contributed by atoms with Crippen molar-refractivity contribution in [3.8, 4) is 11.5 Å². The van der Waals surface area contributed by atoms with E-state index in [0.717, 1.165) is 17.2 Å². The van der Waals surface area contributed by atoms with Gasteiger partial charge >= 0.3 is 23.9 Å². The van der Waals surface area contributed by atoms with E-state index in [-0.39, 0.29) is 17.1 Å². The Labute approximate surface area is 394 Å². The largest absolute Gasteiger partial charge is 0.504 e.